The van der Waals surface area contributed by atoms with Crippen LogP contribution in [-0.4, -0.2) is 27.1 Å². The molecule has 0 saturated heterocycles. The van der Waals surface area contributed by atoms with Crippen LogP contribution in [0.1, 0.15) is 0 Å². The van der Waals surface area contributed by atoms with E-state index in [1.165, 1.54) is 12.1 Å². The Kier molecular flexibility index (Phi) is 5.11. The average Bonchev–Trinajstić information content (AvgIpc) is 2.03. The van der Waals surface area contributed by atoms with E-state index in [1.54, 1.807) is 31.1 Å². The zero-order valence-electron chi connectivity index (χ0n) is 8.39. The van der Waals surface area contributed by atoms with Gasteiger partial charge in [0.05, 0.1) is 10.6 Å². The molecule has 0 radical (unpaired) electrons. The molecule has 0 N–H and O–H groups in total. The number of nitrogens with zero attached hydrogens (tertiary/aromatic N) is 1. The molecule has 0 aliphatic heterocycles. The van der Waals surface area contributed by atoms with Crippen molar-refractivity contribution in [1.29, 1.82) is 0 Å². The van der Waals surface area contributed by atoms with Crippen LogP contribution in [0, 0.1) is 0 Å². The van der Waals surface area contributed by atoms with Crippen molar-refractivity contribution in [2.45, 2.75) is 4.90 Å². The van der Waals surface area contributed by atoms with Crippen LogP contribution >= 0.6 is 0 Å². The van der Waals surface area contributed by atoms with Gasteiger partial charge in [0, 0.05) is 14.1 Å². The fourth-order valence-electron chi connectivity index (χ4n) is 1.04. The van der Waals surface area contributed by atoms with Gasteiger partial charge in [-0.25, -0.2) is 8.42 Å². The minimum atomic E-state index is -4.37. The van der Waals surface area contributed by atoms with Gasteiger partial charge in [-0.3, -0.25) is 0 Å². The summed E-state index contributed by atoms with van der Waals surface area (Å²) in [4.78, 5) is 1.41. The van der Waals surface area contributed by atoms with Crippen LogP contribution in [0.5, 0.6) is 0 Å². The minimum Gasteiger partial charge on any atom is -0.744 e. The van der Waals surface area contributed by atoms with Gasteiger partial charge in [0.2, 0.25) is 0 Å². The number of para-hydroxylation sites is 1. The third-order valence-electron chi connectivity index (χ3n) is 1.62. The summed E-state index contributed by atoms with van der Waals surface area (Å²) in [5, 5.41) is 0. The van der Waals surface area contributed by atoms with Crippen LogP contribution in [0.25, 0.3) is 0 Å². The molecule has 6 heteroatoms. The summed E-state index contributed by atoms with van der Waals surface area (Å²) in [5.41, 5.74) is 0.414. The van der Waals surface area contributed by atoms with Crippen molar-refractivity contribution in [2.24, 2.45) is 0 Å². The SMILES string of the molecule is CN(C)c1ccccc1S(=O)(=O)[O-].[Na+]. The monoisotopic (exact) mass is 223 g/mol. The molecule has 0 saturated carbocycles. The predicted molar refractivity (Wildman–Crippen MR) is 48.7 cm³/mol. The van der Waals surface area contributed by atoms with Gasteiger partial charge in [-0.15, -0.1) is 0 Å². The molecule has 0 aliphatic rings. The Morgan fingerprint density at radius 1 is 1.21 bits per heavy atom. The Hall–Kier alpha value is -0.0700. The summed E-state index contributed by atoms with van der Waals surface area (Å²) in [6.07, 6.45) is 0. The molecule has 0 aromatic heterocycles. The van der Waals surface area contributed by atoms with Gasteiger partial charge >= 0.3 is 29.6 Å². The fourth-order valence-corrected chi connectivity index (χ4v) is 1.79. The van der Waals surface area contributed by atoms with Gasteiger partial charge in [-0.2, -0.15) is 0 Å². The molecule has 0 atom stereocenters. The van der Waals surface area contributed by atoms with Gasteiger partial charge in [0.25, 0.3) is 0 Å². The van der Waals surface area contributed by atoms with Crippen LogP contribution < -0.4 is 34.5 Å². The summed E-state index contributed by atoms with van der Waals surface area (Å²) < 4.78 is 32.3. The second kappa shape index (κ2) is 5.14. The van der Waals surface area contributed by atoms with E-state index in [0.29, 0.717) is 5.69 Å². The van der Waals surface area contributed by atoms with Gasteiger partial charge < -0.3 is 9.45 Å². The molecule has 1 aromatic rings. The Morgan fingerprint density at radius 3 is 2.07 bits per heavy atom. The molecular weight excluding hydrogens is 213 g/mol. The fraction of sp³-hybridized carbons (Fsp3) is 0.250. The molecule has 0 spiro atoms. The van der Waals surface area contributed by atoms with E-state index >= 15 is 0 Å². The molecule has 1 rings (SSSR count). The minimum absolute atomic E-state index is 0. The standard InChI is InChI=1S/C8H11NO3S.Na/c1-9(2)7-5-3-4-6-8(7)13(10,11)12;/h3-6H,1-2H3,(H,10,11,12);/q;+1/p-1. The van der Waals surface area contributed by atoms with Crippen molar-refractivity contribution in [1.82, 2.24) is 0 Å². The largest absolute Gasteiger partial charge is 1.00 e. The van der Waals surface area contributed by atoms with Crippen molar-refractivity contribution in [3.8, 4) is 0 Å². The average molecular weight is 223 g/mol. The first-order chi connectivity index (χ1) is 5.93. The van der Waals surface area contributed by atoms with Crippen LogP contribution in [0.4, 0.5) is 5.69 Å². The van der Waals surface area contributed by atoms with Crippen LogP contribution in [0.15, 0.2) is 29.2 Å². The van der Waals surface area contributed by atoms with E-state index in [-0.39, 0.29) is 34.5 Å². The molecule has 14 heavy (non-hydrogen) atoms. The van der Waals surface area contributed by atoms with Crippen LogP contribution in [0.2, 0.25) is 0 Å². The Morgan fingerprint density at radius 2 is 1.71 bits per heavy atom. The van der Waals surface area contributed by atoms with Crippen molar-refractivity contribution in [3.63, 3.8) is 0 Å². The Labute approximate surface area is 106 Å². The number of hydrogen-bond donors (Lipinski definition) is 0. The maximum atomic E-state index is 10.8. The van der Waals surface area contributed by atoms with E-state index in [4.69, 9.17) is 0 Å². The molecule has 0 bridgehead atoms. The summed E-state index contributed by atoms with van der Waals surface area (Å²) in [6.45, 7) is 0. The quantitative estimate of drug-likeness (QED) is 0.416. The number of hydrogen-bond acceptors (Lipinski definition) is 4. The number of rotatable bonds is 2. The summed E-state index contributed by atoms with van der Waals surface area (Å²) >= 11 is 0. The smallest absolute Gasteiger partial charge is 0.744 e. The van der Waals surface area contributed by atoms with Gasteiger partial charge in [0.15, 0.2) is 0 Å². The third-order valence-corrected chi connectivity index (χ3v) is 2.50. The van der Waals surface area contributed by atoms with Crippen molar-refractivity contribution in [2.75, 3.05) is 19.0 Å². The molecule has 1 aromatic carbocycles. The molecule has 0 fully saturated rings. The zero-order valence-corrected chi connectivity index (χ0v) is 11.2. The molecule has 0 amide bonds. The van der Waals surface area contributed by atoms with Crippen molar-refractivity contribution >= 4 is 15.8 Å². The third kappa shape index (κ3) is 3.25. The summed E-state index contributed by atoms with van der Waals surface area (Å²) in [6, 6.07) is 6.10. The predicted octanol–water partition coefficient (Wildman–Crippen LogP) is -2.34. The number of anilines is 1. The van der Waals surface area contributed by atoms with Crippen LogP contribution in [-0.2, 0) is 10.1 Å². The Bertz CT molecular complexity index is 403. The first kappa shape index (κ1) is 13.9. The van der Waals surface area contributed by atoms with Crippen LogP contribution in [0.3, 0.4) is 0 Å². The zero-order chi connectivity index (χ0) is 10.1. The Balaban J connectivity index is 0.00000169. The maximum Gasteiger partial charge on any atom is 1.00 e. The number of benzene rings is 1. The van der Waals surface area contributed by atoms with Crippen molar-refractivity contribution < 1.29 is 42.5 Å². The molecular formula is C8H10NNaO3S. The van der Waals surface area contributed by atoms with Gasteiger partial charge in [-0.05, 0) is 12.1 Å². The normalized spacial score (nSPS) is 10.5. The van der Waals surface area contributed by atoms with E-state index in [2.05, 4.69) is 0 Å². The summed E-state index contributed by atoms with van der Waals surface area (Å²) in [7, 11) is -1.00. The van der Waals surface area contributed by atoms with E-state index in [1.807, 2.05) is 0 Å². The molecule has 0 unspecified atom stereocenters. The first-order valence-corrected chi connectivity index (χ1v) is 5.06. The van der Waals surface area contributed by atoms with Gasteiger partial charge in [0.1, 0.15) is 10.1 Å². The molecule has 0 heterocycles. The van der Waals surface area contributed by atoms with E-state index in [9.17, 15) is 13.0 Å². The summed E-state index contributed by atoms with van der Waals surface area (Å²) in [5.74, 6) is 0. The topological polar surface area (TPSA) is 60.4 Å². The maximum absolute atomic E-state index is 10.8. The second-order valence-electron chi connectivity index (χ2n) is 2.82. The van der Waals surface area contributed by atoms with Crippen molar-refractivity contribution in [3.05, 3.63) is 24.3 Å². The molecule has 72 valence electrons. The van der Waals surface area contributed by atoms with E-state index in [0.717, 1.165) is 0 Å². The van der Waals surface area contributed by atoms with Gasteiger partial charge in [-0.1, -0.05) is 12.1 Å². The molecule has 4 nitrogen and oxygen atoms in total. The van der Waals surface area contributed by atoms with E-state index < -0.39 is 10.1 Å². The second-order valence-corrected chi connectivity index (χ2v) is 4.16. The first-order valence-electron chi connectivity index (χ1n) is 3.65. The molecule has 0 aliphatic carbocycles.